The van der Waals surface area contributed by atoms with E-state index in [2.05, 4.69) is 15.4 Å². The highest BCUT2D eigenvalue weighted by atomic mass is 35.5. The Hall–Kier alpha value is -1.10. The third-order valence-corrected chi connectivity index (χ3v) is 3.99. The molecule has 102 valence electrons. The first-order valence-electron chi connectivity index (χ1n) is 5.99. The summed E-state index contributed by atoms with van der Waals surface area (Å²) >= 11 is 12.5. The molecule has 0 spiro atoms. The number of aromatic nitrogens is 3. The third kappa shape index (κ3) is 2.91. The summed E-state index contributed by atoms with van der Waals surface area (Å²) in [6, 6.07) is 2.00. The van der Waals surface area contributed by atoms with Gasteiger partial charge in [0.05, 0.1) is 10.7 Å². The smallest absolute Gasteiger partial charge is 0.130 e. The molecule has 2 heterocycles. The summed E-state index contributed by atoms with van der Waals surface area (Å²) in [5.41, 5.74) is 2.99. The second-order valence-corrected chi connectivity index (χ2v) is 5.19. The van der Waals surface area contributed by atoms with Gasteiger partial charge in [-0.15, -0.1) is 0 Å². The van der Waals surface area contributed by atoms with E-state index in [0.29, 0.717) is 10.2 Å². The van der Waals surface area contributed by atoms with Crippen LogP contribution >= 0.6 is 23.2 Å². The average Bonchev–Trinajstić information content (AvgIpc) is 2.63. The van der Waals surface area contributed by atoms with Crippen LogP contribution in [0.1, 0.15) is 22.9 Å². The zero-order valence-corrected chi connectivity index (χ0v) is 12.6. The van der Waals surface area contributed by atoms with Gasteiger partial charge in [0.2, 0.25) is 0 Å². The number of hydrogen-bond donors (Lipinski definition) is 1. The SMILES string of the molecule is CNC(Cc1c(C)nn(C)c1Cl)c1ccncc1Cl. The number of nitrogens with zero attached hydrogens (tertiary/aromatic N) is 3. The summed E-state index contributed by atoms with van der Waals surface area (Å²) < 4.78 is 1.69. The molecule has 0 saturated carbocycles. The van der Waals surface area contributed by atoms with Crippen LogP contribution in [0, 0.1) is 6.92 Å². The molecule has 0 aliphatic rings. The Morgan fingerprint density at radius 3 is 2.68 bits per heavy atom. The van der Waals surface area contributed by atoms with Crippen LogP contribution in [0.4, 0.5) is 0 Å². The molecule has 1 unspecified atom stereocenters. The van der Waals surface area contributed by atoms with Gasteiger partial charge < -0.3 is 5.32 Å². The number of likely N-dealkylation sites (N-methyl/N-ethyl adjacent to an activating group) is 1. The highest BCUT2D eigenvalue weighted by molar-refractivity contribution is 6.31. The summed E-state index contributed by atoms with van der Waals surface area (Å²) in [6.07, 6.45) is 4.13. The molecule has 0 saturated heterocycles. The summed E-state index contributed by atoms with van der Waals surface area (Å²) in [4.78, 5) is 4.01. The van der Waals surface area contributed by atoms with E-state index in [0.717, 1.165) is 23.2 Å². The lowest BCUT2D eigenvalue weighted by Crippen LogP contribution is -2.19. The number of hydrogen-bond acceptors (Lipinski definition) is 3. The highest BCUT2D eigenvalue weighted by Crippen LogP contribution is 2.28. The Bertz CT molecular complexity index is 580. The van der Waals surface area contributed by atoms with Crippen molar-refractivity contribution in [1.82, 2.24) is 20.1 Å². The minimum Gasteiger partial charge on any atom is -0.313 e. The van der Waals surface area contributed by atoms with Gasteiger partial charge in [-0.2, -0.15) is 5.10 Å². The molecule has 4 nitrogen and oxygen atoms in total. The van der Waals surface area contributed by atoms with Crippen molar-refractivity contribution in [2.75, 3.05) is 7.05 Å². The molecule has 19 heavy (non-hydrogen) atoms. The van der Waals surface area contributed by atoms with Gasteiger partial charge in [-0.25, -0.2) is 0 Å². The van der Waals surface area contributed by atoms with Crippen LogP contribution in [-0.4, -0.2) is 21.8 Å². The lowest BCUT2D eigenvalue weighted by atomic mass is 10.0. The van der Waals surface area contributed by atoms with Gasteiger partial charge in [0.1, 0.15) is 5.15 Å². The second-order valence-electron chi connectivity index (χ2n) is 4.42. The number of nitrogens with one attached hydrogen (secondary N) is 1. The van der Waals surface area contributed by atoms with Crippen LogP contribution in [0.3, 0.4) is 0 Å². The van der Waals surface area contributed by atoms with E-state index < -0.39 is 0 Å². The maximum atomic E-state index is 6.27. The van der Waals surface area contributed by atoms with E-state index in [4.69, 9.17) is 23.2 Å². The number of rotatable bonds is 4. The molecule has 0 aliphatic carbocycles. The van der Waals surface area contributed by atoms with Gasteiger partial charge >= 0.3 is 0 Å². The molecular weight excluding hydrogens is 283 g/mol. The summed E-state index contributed by atoms with van der Waals surface area (Å²) in [5, 5.41) is 8.91. The van der Waals surface area contributed by atoms with Crippen LogP contribution in [0.25, 0.3) is 0 Å². The molecule has 0 fully saturated rings. The average molecular weight is 299 g/mol. The fraction of sp³-hybridized carbons (Fsp3) is 0.385. The molecule has 1 atom stereocenters. The van der Waals surface area contributed by atoms with Gasteiger partial charge in [0.25, 0.3) is 0 Å². The monoisotopic (exact) mass is 298 g/mol. The van der Waals surface area contributed by atoms with E-state index in [1.165, 1.54) is 0 Å². The largest absolute Gasteiger partial charge is 0.313 e. The molecule has 0 bridgehead atoms. The highest BCUT2D eigenvalue weighted by Gasteiger charge is 2.19. The van der Waals surface area contributed by atoms with E-state index >= 15 is 0 Å². The van der Waals surface area contributed by atoms with Crippen LogP contribution in [-0.2, 0) is 13.5 Å². The zero-order valence-electron chi connectivity index (χ0n) is 11.1. The predicted molar refractivity (Wildman–Crippen MR) is 77.7 cm³/mol. The number of pyridine rings is 1. The summed E-state index contributed by atoms with van der Waals surface area (Å²) in [7, 11) is 3.74. The molecule has 2 aromatic rings. The zero-order chi connectivity index (χ0) is 14.0. The summed E-state index contributed by atoms with van der Waals surface area (Å²) in [6.45, 7) is 1.96. The quantitative estimate of drug-likeness (QED) is 0.944. The number of aryl methyl sites for hydroxylation is 2. The first kappa shape index (κ1) is 14.3. The van der Waals surface area contributed by atoms with Gasteiger partial charge in [-0.3, -0.25) is 9.67 Å². The molecule has 0 aliphatic heterocycles. The van der Waals surface area contributed by atoms with Crippen LogP contribution in [0.15, 0.2) is 18.5 Å². The topological polar surface area (TPSA) is 42.7 Å². The Balaban J connectivity index is 2.32. The Morgan fingerprint density at radius 2 is 2.16 bits per heavy atom. The molecule has 0 amide bonds. The first-order valence-corrected chi connectivity index (χ1v) is 6.74. The van der Waals surface area contributed by atoms with Crippen molar-refractivity contribution in [2.45, 2.75) is 19.4 Å². The normalized spacial score (nSPS) is 12.7. The van der Waals surface area contributed by atoms with E-state index in [1.54, 1.807) is 17.1 Å². The van der Waals surface area contributed by atoms with Crippen molar-refractivity contribution < 1.29 is 0 Å². The molecule has 2 aromatic heterocycles. The Kier molecular flexibility index (Phi) is 4.45. The third-order valence-electron chi connectivity index (χ3n) is 3.21. The maximum absolute atomic E-state index is 6.27. The lowest BCUT2D eigenvalue weighted by molar-refractivity contribution is 0.590. The maximum Gasteiger partial charge on any atom is 0.130 e. The van der Waals surface area contributed by atoms with Crippen molar-refractivity contribution in [3.8, 4) is 0 Å². The van der Waals surface area contributed by atoms with Crippen LogP contribution in [0.2, 0.25) is 10.2 Å². The standard InChI is InChI=1S/C13H16Cl2N4/c1-8-10(13(15)19(3)18-8)6-12(16-2)9-4-5-17-7-11(9)14/h4-5,7,12,16H,6H2,1-3H3. The molecular formula is C13H16Cl2N4. The van der Waals surface area contributed by atoms with E-state index in [9.17, 15) is 0 Å². The van der Waals surface area contributed by atoms with Gasteiger partial charge in [0, 0.05) is 31.0 Å². The minimum atomic E-state index is 0.0795. The van der Waals surface area contributed by atoms with Crippen molar-refractivity contribution in [3.63, 3.8) is 0 Å². The van der Waals surface area contributed by atoms with Crippen molar-refractivity contribution >= 4 is 23.2 Å². The molecule has 6 heteroatoms. The first-order chi connectivity index (χ1) is 9.04. The second kappa shape index (κ2) is 5.90. The minimum absolute atomic E-state index is 0.0795. The Morgan fingerprint density at radius 1 is 1.42 bits per heavy atom. The molecule has 1 N–H and O–H groups in total. The molecule has 0 radical (unpaired) electrons. The molecule has 2 rings (SSSR count). The fourth-order valence-electron chi connectivity index (χ4n) is 2.15. The van der Waals surface area contributed by atoms with Crippen LogP contribution in [0.5, 0.6) is 0 Å². The van der Waals surface area contributed by atoms with Crippen molar-refractivity contribution in [2.24, 2.45) is 7.05 Å². The predicted octanol–water partition coefficient (Wildman–Crippen LogP) is 2.93. The van der Waals surface area contributed by atoms with Gasteiger partial charge in [-0.1, -0.05) is 23.2 Å². The summed E-state index contributed by atoms with van der Waals surface area (Å²) in [5.74, 6) is 0. The van der Waals surface area contributed by atoms with E-state index in [1.807, 2.05) is 27.1 Å². The van der Waals surface area contributed by atoms with Gasteiger partial charge in [0.15, 0.2) is 0 Å². The van der Waals surface area contributed by atoms with Crippen molar-refractivity contribution in [1.29, 1.82) is 0 Å². The number of halogens is 2. The fourth-order valence-corrected chi connectivity index (χ4v) is 2.65. The molecule has 0 aromatic carbocycles. The Labute approximate surface area is 122 Å². The van der Waals surface area contributed by atoms with Crippen molar-refractivity contribution in [3.05, 3.63) is 45.5 Å². The lowest BCUT2D eigenvalue weighted by Gasteiger charge is -2.17. The van der Waals surface area contributed by atoms with E-state index in [-0.39, 0.29) is 6.04 Å². The van der Waals surface area contributed by atoms with Crippen LogP contribution < -0.4 is 5.32 Å². The van der Waals surface area contributed by atoms with Gasteiger partial charge in [-0.05, 0) is 32.0 Å².